The van der Waals surface area contributed by atoms with Gasteiger partial charge in [-0.2, -0.15) is 0 Å². The van der Waals surface area contributed by atoms with Gasteiger partial charge in [0.05, 0.1) is 6.04 Å². The molecule has 0 heterocycles. The van der Waals surface area contributed by atoms with Gasteiger partial charge in [0, 0.05) is 13.0 Å². The van der Waals surface area contributed by atoms with E-state index in [1.807, 2.05) is 0 Å². The SMILES string of the molecule is C=CCN(C(=O)O)C(CCC#C[Si](C(C)C)(C(C)C)C(C)C)C(F)F. The lowest BCUT2D eigenvalue weighted by molar-refractivity contribution is 0.0293. The molecule has 0 aromatic rings. The van der Waals surface area contributed by atoms with Crippen molar-refractivity contribution in [3.05, 3.63) is 12.7 Å². The maximum Gasteiger partial charge on any atom is 0.408 e. The third-order valence-corrected chi connectivity index (χ3v) is 11.3. The van der Waals surface area contributed by atoms with Crippen LogP contribution in [-0.2, 0) is 0 Å². The first-order valence-corrected chi connectivity index (χ1v) is 11.1. The van der Waals surface area contributed by atoms with E-state index in [0.717, 1.165) is 4.90 Å². The van der Waals surface area contributed by atoms with Gasteiger partial charge in [-0.1, -0.05) is 47.6 Å². The lowest BCUT2D eigenvalue weighted by Crippen LogP contribution is -2.44. The average Bonchev–Trinajstić information content (AvgIpc) is 2.47. The van der Waals surface area contributed by atoms with Crippen molar-refractivity contribution in [2.45, 2.75) is 83.5 Å². The fourth-order valence-electron chi connectivity index (χ4n) is 3.78. The maximum atomic E-state index is 13.3. The van der Waals surface area contributed by atoms with Crippen molar-refractivity contribution in [2.24, 2.45) is 0 Å². The van der Waals surface area contributed by atoms with E-state index < -0.39 is 26.6 Å². The zero-order chi connectivity index (χ0) is 19.8. The molecule has 0 fully saturated rings. The first kappa shape index (κ1) is 23.6. The molecule has 0 aliphatic heterocycles. The summed E-state index contributed by atoms with van der Waals surface area (Å²) in [5, 5.41) is 9.14. The Morgan fingerprint density at radius 3 is 1.96 bits per heavy atom. The second kappa shape index (κ2) is 10.6. The fourth-order valence-corrected chi connectivity index (χ4v) is 9.08. The summed E-state index contributed by atoms with van der Waals surface area (Å²) in [5.74, 6) is 3.12. The topological polar surface area (TPSA) is 40.5 Å². The molecule has 0 rings (SSSR count). The van der Waals surface area contributed by atoms with Crippen LogP contribution in [-0.4, -0.2) is 43.2 Å². The summed E-state index contributed by atoms with van der Waals surface area (Å²) < 4.78 is 26.6. The van der Waals surface area contributed by atoms with E-state index in [2.05, 4.69) is 59.6 Å². The maximum absolute atomic E-state index is 13.3. The third kappa shape index (κ3) is 6.14. The zero-order valence-corrected chi connectivity index (χ0v) is 17.4. The zero-order valence-electron chi connectivity index (χ0n) is 16.4. The fraction of sp³-hybridized carbons (Fsp3) is 0.737. The highest BCUT2D eigenvalue weighted by molar-refractivity contribution is 6.90. The van der Waals surface area contributed by atoms with Gasteiger partial charge in [0.15, 0.2) is 0 Å². The molecule has 0 spiro atoms. The first-order valence-electron chi connectivity index (χ1n) is 8.90. The number of alkyl halides is 2. The van der Waals surface area contributed by atoms with Gasteiger partial charge in [0.1, 0.15) is 8.07 Å². The molecule has 1 N–H and O–H groups in total. The van der Waals surface area contributed by atoms with Gasteiger partial charge >= 0.3 is 6.09 Å². The summed E-state index contributed by atoms with van der Waals surface area (Å²) in [6, 6.07) is -1.35. The van der Waals surface area contributed by atoms with Crippen LogP contribution in [0.5, 0.6) is 0 Å². The highest BCUT2D eigenvalue weighted by Gasteiger charge is 2.41. The van der Waals surface area contributed by atoms with Crippen LogP contribution in [0.25, 0.3) is 0 Å². The number of amides is 1. The number of hydrogen-bond donors (Lipinski definition) is 1. The minimum atomic E-state index is -2.74. The van der Waals surface area contributed by atoms with Crippen molar-refractivity contribution in [1.82, 2.24) is 4.90 Å². The molecule has 144 valence electrons. The third-order valence-electron chi connectivity index (χ3n) is 5.00. The van der Waals surface area contributed by atoms with E-state index in [0.29, 0.717) is 16.6 Å². The standard InChI is InChI=1S/C19H33F2NO2Si/c1-8-12-22(19(23)24)17(18(20)21)11-9-10-13-25(14(2)3,15(4)5)16(6)7/h8,14-18H,1,9,11-12H2,2-7H3,(H,23,24). The number of nitrogens with zero attached hydrogens (tertiary/aromatic N) is 1. The van der Waals surface area contributed by atoms with Gasteiger partial charge in [0.25, 0.3) is 6.43 Å². The first-order chi connectivity index (χ1) is 11.5. The van der Waals surface area contributed by atoms with Crippen molar-refractivity contribution < 1.29 is 18.7 Å². The van der Waals surface area contributed by atoms with Crippen molar-refractivity contribution in [3.63, 3.8) is 0 Å². The lowest BCUT2D eigenvalue weighted by Gasteiger charge is -2.38. The van der Waals surface area contributed by atoms with Gasteiger partial charge in [-0.15, -0.1) is 18.0 Å². The number of hydrogen-bond acceptors (Lipinski definition) is 1. The molecule has 0 aromatic heterocycles. The van der Waals surface area contributed by atoms with Gasteiger partial charge in [0.2, 0.25) is 0 Å². The molecular formula is C19H33F2NO2Si. The summed E-state index contributed by atoms with van der Waals surface area (Å²) in [6.45, 7) is 16.5. The smallest absolute Gasteiger partial charge is 0.408 e. The van der Waals surface area contributed by atoms with Crippen molar-refractivity contribution >= 4 is 14.2 Å². The van der Waals surface area contributed by atoms with Gasteiger partial charge < -0.3 is 5.11 Å². The Hall–Kier alpha value is -1.35. The van der Waals surface area contributed by atoms with Crippen molar-refractivity contribution in [2.75, 3.05) is 6.54 Å². The van der Waals surface area contributed by atoms with E-state index in [-0.39, 0.29) is 19.4 Å². The molecule has 0 aromatic carbocycles. The summed E-state index contributed by atoms with van der Waals surface area (Å²) in [4.78, 5) is 12.0. The Morgan fingerprint density at radius 2 is 1.64 bits per heavy atom. The molecule has 0 bridgehead atoms. The van der Waals surface area contributed by atoms with Crippen LogP contribution in [0.15, 0.2) is 12.7 Å². The second-order valence-corrected chi connectivity index (χ2v) is 12.9. The summed E-state index contributed by atoms with van der Waals surface area (Å²) >= 11 is 0. The normalized spacial score (nSPS) is 13.1. The van der Waals surface area contributed by atoms with E-state index in [4.69, 9.17) is 5.11 Å². The second-order valence-electron chi connectivity index (χ2n) is 7.36. The predicted octanol–water partition coefficient (Wildman–Crippen LogP) is 5.79. The van der Waals surface area contributed by atoms with Crippen LogP contribution >= 0.6 is 0 Å². The van der Waals surface area contributed by atoms with Crippen LogP contribution in [0.3, 0.4) is 0 Å². The molecule has 3 nitrogen and oxygen atoms in total. The van der Waals surface area contributed by atoms with E-state index in [1.165, 1.54) is 6.08 Å². The molecule has 0 saturated carbocycles. The number of carbonyl (C=O) groups is 1. The molecule has 0 aliphatic carbocycles. The Kier molecular flexibility index (Phi) is 10.0. The summed E-state index contributed by atoms with van der Waals surface area (Å²) in [7, 11) is -1.89. The Morgan fingerprint density at radius 1 is 1.16 bits per heavy atom. The van der Waals surface area contributed by atoms with Gasteiger partial charge in [-0.3, -0.25) is 4.90 Å². The molecule has 1 unspecified atom stereocenters. The molecule has 0 saturated heterocycles. The Bertz CT molecular complexity index is 474. The number of carboxylic acid groups (broad SMARTS) is 1. The lowest BCUT2D eigenvalue weighted by atomic mass is 10.1. The largest absolute Gasteiger partial charge is 0.465 e. The van der Waals surface area contributed by atoms with Crippen LogP contribution in [0.2, 0.25) is 16.6 Å². The molecule has 1 amide bonds. The van der Waals surface area contributed by atoms with Gasteiger partial charge in [-0.25, -0.2) is 13.6 Å². The molecule has 25 heavy (non-hydrogen) atoms. The summed E-state index contributed by atoms with van der Waals surface area (Å²) in [5.41, 5.74) is 4.91. The quantitative estimate of drug-likeness (QED) is 0.316. The minimum absolute atomic E-state index is 0.0313. The summed E-state index contributed by atoms with van der Waals surface area (Å²) in [6.07, 6.45) is -2.46. The van der Waals surface area contributed by atoms with Crippen molar-refractivity contribution in [3.8, 4) is 11.5 Å². The van der Waals surface area contributed by atoms with E-state index >= 15 is 0 Å². The molecule has 1 atom stereocenters. The minimum Gasteiger partial charge on any atom is -0.465 e. The van der Waals surface area contributed by atoms with E-state index in [1.54, 1.807) is 0 Å². The predicted molar refractivity (Wildman–Crippen MR) is 103 cm³/mol. The highest BCUT2D eigenvalue weighted by Crippen LogP contribution is 2.40. The van der Waals surface area contributed by atoms with Gasteiger partial charge in [-0.05, 0) is 23.0 Å². The van der Waals surface area contributed by atoms with Crippen LogP contribution in [0.1, 0.15) is 54.4 Å². The Labute approximate surface area is 152 Å². The molecule has 0 radical (unpaired) electrons. The highest BCUT2D eigenvalue weighted by atomic mass is 28.3. The van der Waals surface area contributed by atoms with Crippen LogP contribution < -0.4 is 0 Å². The Balaban J connectivity index is 5.31. The number of halogens is 2. The molecule has 6 heteroatoms. The monoisotopic (exact) mass is 373 g/mol. The molecule has 0 aliphatic rings. The van der Waals surface area contributed by atoms with Crippen LogP contribution in [0.4, 0.5) is 13.6 Å². The number of rotatable bonds is 9. The van der Waals surface area contributed by atoms with E-state index in [9.17, 15) is 13.6 Å². The van der Waals surface area contributed by atoms with Crippen molar-refractivity contribution in [1.29, 1.82) is 0 Å². The van der Waals surface area contributed by atoms with Crippen LogP contribution in [0, 0.1) is 11.5 Å². The average molecular weight is 374 g/mol. The molecular weight excluding hydrogens is 340 g/mol.